The highest BCUT2D eigenvalue weighted by Gasteiger charge is 2.42. The number of piperidine rings is 1. The number of aromatic nitrogens is 2. The molecular weight excluding hydrogens is 356 g/mol. The van der Waals surface area contributed by atoms with E-state index < -0.39 is 0 Å². The van der Waals surface area contributed by atoms with Gasteiger partial charge in [-0.15, -0.1) is 0 Å². The molecule has 0 radical (unpaired) electrons. The van der Waals surface area contributed by atoms with Gasteiger partial charge in [0.25, 0.3) is 5.91 Å². The first-order chi connectivity index (χ1) is 13.4. The van der Waals surface area contributed by atoms with Crippen molar-refractivity contribution >= 4 is 11.8 Å². The minimum atomic E-state index is -0.233. The minimum absolute atomic E-state index is 0.0444. The van der Waals surface area contributed by atoms with Gasteiger partial charge in [-0.1, -0.05) is 13.8 Å². The number of nitrogens with zero attached hydrogens (tertiary/aromatic N) is 4. The van der Waals surface area contributed by atoms with Gasteiger partial charge in [0.15, 0.2) is 5.69 Å². The molecule has 0 bridgehead atoms. The van der Waals surface area contributed by atoms with Gasteiger partial charge in [0, 0.05) is 57.3 Å². The second kappa shape index (κ2) is 7.50. The zero-order valence-electron chi connectivity index (χ0n) is 17.4. The monoisotopic (exact) mass is 388 g/mol. The first-order valence-corrected chi connectivity index (χ1v) is 10.6. The number of hydrogen-bond donors (Lipinski definition) is 0. The molecule has 2 amide bonds. The first kappa shape index (κ1) is 19.4. The molecule has 0 aromatic carbocycles. The smallest absolute Gasteiger partial charge is 0.274 e. The fraction of sp³-hybridized carbons (Fsp3) is 0.762. The Hall–Kier alpha value is -1.89. The Morgan fingerprint density at radius 3 is 2.43 bits per heavy atom. The molecule has 4 rings (SSSR count). The predicted molar refractivity (Wildman–Crippen MR) is 105 cm³/mol. The molecule has 4 heterocycles. The van der Waals surface area contributed by atoms with Crippen LogP contribution >= 0.6 is 0 Å². The second-order valence-corrected chi connectivity index (χ2v) is 9.02. The molecule has 2 saturated heterocycles. The SMILES string of the molecule is CC(C)CC(=O)N1CCC2(CC1)Cc1c(c(C(=O)N3CCCC3)nn1C)CO2. The van der Waals surface area contributed by atoms with Crippen LogP contribution in [0, 0.1) is 5.92 Å². The van der Waals surface area contributed by atoms with Crippen molar-refractivity contribution < 1.29 is 14.3 Å². The van der Waals surface area contributed by atoms with E-state index >= 15 is 0 Å². The van der Waals surface area contributed by atoms with Crippen LogP contribution in [-0.4, -0.2) is 63.2 Å². The summed E-state index contributed by atoms with van der Waals surface area (Å²) < 4.78 is 8.22. The third-order valence-corrected chi connectivity index (χ3v) is 6.49. The highest BCUT2D eigenvalue weighted by Crippen LogP contribution is 2.37. The number of amides is 2. The van der Waals surface area contributed by atoms with E-state index in [1.807, 2.05) is 21.5 Å². The average Bonchev–Trinajstić information content (AvgIpc) is 3.30. The largest absolute Gasteiger partial charge is 0.370 e. The number of hydrogen-bond acceptors (Lipinski definition) is 4. The van der Waals surface area contributed by atoms with Crippen LogP contribution in [-0.2, 0) is 29.6 Å². The molecule has 1 aromatic rings. The van der Waals surface area contributed by atoms with Gasteiger partial charge < -0.3 is 14.5 Å². The molecule has 0 saturated carbocycles. The number of fused-ring (bicyclic) bond motifs is 1. The van der Waals surface area contributed by atoms with Crippen molar-refractivity contribution in [1.82, 2.24) is 19.6 Å². The zero-order valence-corrected chi connectivity index (χ0v) is 17.4. The van der Waals surface area contributed by atoms with Crippen LogP contribution in [0.15, 0.2) is 0 Å². The normalized spacial score (nSPS) is 21.4. The van der Waals surface area contributed by atoms with Gasteiger partial charge in [-0.25, -0.2) is 0 Å². The van der Waals surface area contributed by atoms with E-state index in [2.05, 4.69) is 18.9 Å². The van der Waals surface area contributed by atoms with Crippen LogP contribution in [0.4, 0.5) is 0 Å². The third-order valence-electron chi connectivity index (χ3n) is 6.49. The lowest BCUT2D eigenvalue weighted by molar-refractivity contribution is -0.141. The lowest BCUT2D eigenvalue weighted by atomic mass is 9.83. The predicted octanol–water partition coefficient (Wildman–Crippen LogP) is 2.14. The summed E-state index contributed by atoms with van der Waals surface area (Å²) in [4.78, 5) is 29.1. The van der Waals surface area contributed by atoms with Crippen LogP contribution in [0.3, 0.4) is 0 Å². The molecule has 1 spiro atoms. The van der Waals surface area contributed by atoms with Crippen LogP contribution in [0.1, 0.15) is 67.7 Å². The van der Waals surface area contributed by atoms with E-state index in [-0.39, 0.29) is 17.4 Å². The van der Waals surface area contributed by atoms with Crippen LogP contribution in [0.2, 0.25) is 0 Å². The summed E-state index contributed by atoms with van der Waals surface area (Å²) in [6.45, 7) is 7.76. The number of rotatable bonds is 3. The van der Waals surface area contributed by atoms with Crippen molar-refractivity contribution in [1.29, 1.82) is 0 Å². The molecule has 1 aromatic heterocycles. The Morgan fingerprint density at radius 1 is 1.11 bits per heavy atom. The number of ether oxygens (including phenoxy) is 1. The van der Waals surface area contributed by atoms with Crippen molar-refractivity contribution in [2.45, 2.75) is 64.6 Å². The van der Waals surface area contributed by atoms with Gasteiger partial charge in [-0.3, -0.25) is 14.3 Å². The van der Waals surface area contributed by atoms with Gasteiger partial charge in [-0.05, 0) is 31.6 Å². The second-order valence-electron chi connectivity index (χ2n) is 9.02. The minimum Gasteiger partial charge on any atom is -0.370 e. The molecule has 0 atom stereocenters. The number of likely N-dealkylation sites (tertiary alicyclic amines) is 2. The van der Waals surface area contributed by atoms with E-state index in [1.165, 1.54) is 0 Å². The topological polar surface area (TPSA) is 67.7 Å². The standard InChI is InChI=1S/C21H32N4O3/c1-15(2)12-18(26)24-10-6-21(7-11-24)13-17-16(14-28-21)19(22-23(17)3)20(27)25-8-4-5-9-25/h15H,4-14H2,1-3H3. The molecule has 154 valence electrons. The van der Waals surface area contributed by atoms with Crippen molar-refractivity contribution in [3.8, 4) is 0 Å². The van der Waals surface area contributed by atoms with E-state index in [0.29, 0.717) is 24.6 Å². The van der Waals surface area contributed by atoms with Crippen molar-refractivity contribution in [2.24, 2.45) is 13.0 Å². The first-order valence-electron chi connectivity index (χ1n) is 10.6. The van der Waals surface area contributed by atoms with Crippen LogP contribution in [0.5, 0.6) is 0 Å². The fourth-order valence-corrected chi connectivity index (χ4v) is 4.76. The lowest BCUT2D eigenvalue weighted by Gasteiger charge is -2.44. The van der Waals surface area contributed by atoms with Gasteiger partial charge in [0.2, 0.25) is 5.91 Å². The lowest BCUT2D eigenvalue weighted by Crippen LogP contribution is -2.51. The molecule has 0 aliphatic carbocycles. The summed E-state index contributed by atoms with van der Waals surface area (Å²) in [6, 6.07) is 0. The molecule has 7 nitrogen and oxygen atoms in total. The van der Waals surface area contributed by atoms with E-state index in [9.17, 15) is 9.59 Å². The molecule has 3 aliphatic heterocycles. The van der Waals surface area contributed by atoms with Crippen molar-refractivity contribution in [3.05, 3.63) is 17.0 Å². The van der Waals surface area contributed by atoms with Gasteiger partial charge >= 0.3 is 0 Å². The molecular formula is C21H32N4O3. The zero-order chi connectivity index (χ0) is 19.9. The van der Waals surface area contributed by atoms with Crippen molar-refractivity contribution in [2.75, 3.05) is 26.2 Å². The van der Waals surface area contributed by atoms with E-state index in [0.717, 1.165) is 69.5 Å². The highest BCUT2D eigenvalue weighted by molar-refractivity contribution is 5.94. The molecule has 0 N–H and O–H groups in total. The van der Waals surface area contributed by atoms with E-state index in [1.54, 1.807) is 0 Å². The molecule has 0 unspecified atom stereocenters. The van der Waals surface area contributed by atoms with Crippen molar-refractivity contribution in [3.63, 3.8) is 0 Å². The number of aryl methyl sites for hydroxylation is 1. The maximum absolute atomic E-state index is 12.9. The average molecular weight is 389 g/mol. The van der Waals surface area contributed by atoms with Crippen LogP contribution in [0.25, 0.3) is 0 Å². The fourth-order valence-electron chi connectivity index (χ4n) is 4.76. The Balaban J connectivity index is 1.46. The Morgan fingerprint density at radius 2 is 1.79 bits per heavy atom. The molecule has 3 aliphatic rings. The molecule has 7 heteroatoms. The summed E-state index contributed by atoms with van der Waals surface area (Å²) in [6.07, 6.45) is 5.22. The van der Waals surface area contributed by atoms with E-state index in [4.69, 9.17) is 4.74 Å². The molecule has 28 heavy (non-hydrogen) atoms. The van der Waals surface area contributed by atoms with Gasteiger partial charge in [0.1, 0.15) is 0 Å². The quantitative estimate of drug-likeness (QED) is 0.796. The van der Waals surface area contributed by atoms with Gasteiger partial charge in [0.05, 0.1) is 12.2 Å². The van der Waals surface area contributed by atoms with Crippen LogP contribution < -0.4 is 0 Å². The maximum atomic E-state index is 12.9. The number of carbonyl (C=O) groups is 2. The summed E-state index contributed by atoms with van der Waals surface area (Å²) in [5, 5.41) is 4.57. The summed E-state index contributed by atoms with van der Waals surface area (Å²) in [5.74, 6) is 0.682. The summed E-state index contributed by atoms with van der Waals surface area (Å²) >= 11 is 0. The third kappa shape index (κ3) is 3.56. The summed E-state index contributed by atoms with van der Waals surface area (Å²) in [5.41, 5.74) is 2.42. The summed E-state index contributed by atoms with van der Waals surface area (Å²) in [7, 11) is 1.93. The van der Waals surface area contributed by atoms with Gasteiger partial charge in [-0.2, -0.15) is 5.10 Å². The Labute approximate surface area is 167 Å². The Kier molecular flexibility index (Phi) is 5.21. The molecule has 2 fully saturated rings. The maximum Gasteiger partial charge on any atom is 0.274 e. The Bertz CT molecular complexity index is 756. The number of carbonyl (C=O) groups excluding carboxylic acids is 2. The highest BCUT2D eigenvalue weighted by atomic mass is 16.5.